The highest BCUT2D eigenvalue weighted by Gasteiger charge is 2.25. The number of rotatable bonds is 4. The van der Waals surface area contributed by atoms with E-state index in [1.807, 2.05) is 12.1 Å². The van der Waals surface area contributed by atoms with Crippen LogP contribution in [-0.2, 0) is 4.74 Å². The molecule has 0 aromatic heterocycles. The minimum Gasteiger partial charge on any atom is -0.378 e. The smallest absolute Gasteiger partial charge is 0.270 e. The first-order valence-electron chi connectivity index (χ1n) is 7.93. The van der Waals surface area contributed by atoms with Crippen LogP contribution >= 0.6 is 0 Å². The van der Waals surface area contributed by atoms with Crippen molar-refractivity contribution in [3.8, 4) is 0 Å². The highest BCUT2D eigenvalue weighted by atomic mass is 16.6. The van der Waals surface area contributed by atoms with E-state index in [2.05, 4.69) is 10.0 Å². The van der Waals surface area contributed by atoms with Gasteiger partial charge in [0.05, 0.1) is 24.4 Å². The Balaban J connectivity index is 1.96. The topological polar surface area (TPSA) is 94.0 Å². The SMILES string of the molecule is N/N=C/C1=C(N2CCOCC2)C(=C/c2cccc([N+](=O)[O-])c2)/CC1. The van der Waals surface area contributed by atoms with Gasteiger partial charge in [0.2, 0.25) is 0 Å². The van der Waals surface area contributed by atoms with Gasteiger partial charge in [-0.2, -0.15) is 5.10 Å². The van der Waals surface area contributed by atoms with Gasteiger partial charge in [-0.3, -0.25) is 10.1 Å². The van der Waals surface area contributed by atoms with E-state index in [1.54, 1.807) is 18.3 Å². The highest BCUT2D eigenvalue weighted by Crippen LogP contribution is 2.35. The Morgan fingerprint density at radius 2 is 2.08 bits per heavy atom. The lowest BCUT2D eigenvalue weighted by Gasteiger charge is -2.31. The largest absolute Gasteiger partial charge is 0.378 e. The van der Waals surface area contributed by atoms with Crippen LogP contribution < -0.4 is 5.84 Å². The molecule has 7 heteroatoms. The van der Waals surface area contributed by atoms with Gasteiger partial charge >= 0.3 is 0 Å². The molecule has 7 nitrogen and oxygen atoms in total. The van der Waals surface area contributed by atoms with E-state index in [-0.39, 0.29) is 10.6 Å². The molecule has 2 aliphatic rings. The monoisotopic (exact) mass is 328 g/mol. The number of hydrazone groups is 1. The van der Waals surface area contributed by atoms with Crippen molar-refractivity contribution >= 4 is 18.0 Å². The molecular weight excluding hydrogens is 308 g/mol. The molecule has 0 radical (unpaired) electrons. The molecule has 3 rings (SSSR count). The minimum absolute atomic E-state index is 0.1000. The number of hydrogen-bond donors (Lipinski definition) is 1. The van der Waals surface area contributed by atoms with Crippen molar-refractivity contribution in [1.82, 2.24) is 4.90 Å². The molecule has 1 aromatic rings. The van der Waals surface area contributed by atoms with Gasteiger partial charge in [-0.1, -0.05) is 12.1 Å². The maximum absolute atomic E-state index is 11.0. The van der Waals surface area contributed by atoms with E-state index < -0.39 is 0 Å². The zero-order chi connectivity index (χ0) is 16.9. The molecule has 1 aliphatic carbocycles. The number of hydrogen-bond acceptors (Lipinski definition) is 6. The van der Waals surface area contributed by atoms with Crippen molar-refractivity contribution in [2.24, 2.45) is 10.9 Å². The molecular formula is C17H20N4O3. The molecule has 1 aliphatic heterocycles. The fourth-order valence-electron chi connectivity index (χ4n) is 3.19. The van der Waals surface area contributed by atoms with E-state index in [1.165, 1.54) is 6.07 Å². The van der Waals surface area contributed by atoms with E-state index in [0.29, 0.717) is 13.2 Å². The molecule has 0 saturated carbocycles. The molecule has 0 atom stereocenters. The van der Waals surface area contributed by atoms with Crippen molar-refractivity contribution in [3.63, 3.8) is 0 Å². The van der Waals surface area contributed by atoms with Crippen LogP contribution in [0.1, 0.15) is 18.4 Å². The summed E-state index contributed by atoms with van der Waals surface area (Å²) in [6.45, 7) is 3.04. The molecule has 0 spiro atoms. The van der Waals surface area contributed by atoms with Crippen LogP contribution in [0.3, 0.4) is 0 Å². The second-order valence-electron chi connectivity index (χ2n) is 5.77. The summed E-state index contributed by atoms with van der Waals surface area (Å²) in [6.07, 6.45) is 5.47. The van der Waals surface area contributed by atoms with Crippen molar-refractivity contribution in [1.29, 1.82) is 0 Å². The number of benzene rings is 1. The fraction of sp³-hybridized carbons (Fsp3) is 0.353. The van der Waals surface area contributed by atoms with Gasteiger partial charge in [-0.25, -0.2) is 0 Å². The van der Waals surface area contributed by atoms with Crippen molar-refractivity contribution in [2.75, 3.05) is 26.3 Å². The van der Waals surface area contributed by atoms with Gasteiger partial charge < -0.3 is 15.5 Å². The lowest BCUT2D eigenvalue weighted by molar-refractivity contribution is -0.384. The zero-order valence-corrected chi connectivity index (χ0v) is 13.4. The Morgan fingerprint density at radius 1 is 1.29 bits per heavy atom. The molecule has 0 unspecified atom stereocenters. The lowest BCUT2D eigenvalue weighted by atomic mass is 10.1. The second-order valence-corrected chi connectivity index (χ2v) is 5.77. The van der Waals surface area contributed by atoms with Gasteiger partial charge in [-0.15, -0.1) is 0 Å². The standard InChI is InChI=1S/C17H20N4O3/c18-19-12-15-5-4-14(17(15)20-6-8-24-9-7-20)10-13-2-1-3-16(11-13)21(22)23/h1-3,10-12H,4-9,18H2/b14-10+,19-12+. The third-order valence-electron chi connectivity index (χ3n) is 4.25. The summed E-state index contributed by atoms with van der Waals surface area (Å²) in [5, 5.41) is 14.6. The first-order chi connectivity index (χ1) is 11.7. The van der Waals surface area contributed by atoms with Crippen LogP contribution in [0.25, 0.3) is 6.08 Å². The van der Waals surface area contributed by atoms with Gasteiger partial charge in [0.15, 0.2) is 0 Å². The number of morpholine rings is 1. The van der Waals surface area contributed by atoms with Crippen molar-refractivity contribution in [2.45, 2.75) is 12.8 Å². The van der Waals surface area contributed by atoms with Crippen LogP contribution in [-0.4, -0.2) is 42.3 Å². The Kier molecular flexibility index (Phi) is 4.90. The summed E-state index contributed by atoms with van der Waals surface area (Å²) in [7, 11) is 0. The molecule has 0 bridgehead atoms. The Labute approximate surface area is 140 Å². The first kappa shape index (κ1) is 16.2. The summed E-state index contributed by atoms with van der Waals surface area (Å²) in [5.74, 6) is 5.35. The van der Waals surface area contributed by atoms with Crippen LogP contribution in [0.5, 0.6) is 0 Å². The zero-order valence-electron chi connectivity index (χ0n) is 13.4. The van der Waals surface area contributed by atoms with E-state index >= 15 is 0 Å². The van der Waals surface area contributed by atoms with Crippen LogP contribution in [0.4, 0.5) is 5.69 Å². The first-order valence-corrected chi connectivity index (χ1v) is 7.93. The number of nitro benzene ring substituents is 1. The predicted octanol–water partition coefficient (Wildman–Crippen LogP) is 2.30. The molecule has 1 fully saturated rings. The average Bonchev–Trinajstić information content (AvgIpc) is 2.98. The molecule has 1 saturated heterocycles. The normalized spacial score (nSPS) is 20.3. The maximum Gasteiger partial charge on any atom is 0.270 e. The summed E-state index contributed by atoms with van der Waals surface area (Å²) >= 11 is 0. The van der Waals surface area contributed by atoms with Gasteiger partial charge in [0.25, 0.3) is 5.69 Å². The quantitative estimate of drug-likeness (QED) is 0.396. The van der Waals surface area contributed by atoms with E-state index in [9.17, 15) is 10.1 Å². The lowest BCUT2D eigenvalue weighted by Crippen LogP contribution is -2.36. The molecule has 2 N–H and O–H groups in total. The second kappa shape index (κ2) is 7.27. The summed E-state index contributed by atoms with van der Waals surface area (Å²) in [6, 6.07) is 6.69. The number of nitrogens with zero attached hydrogens (tertiary/aromatic N) is 3. The van der Waals surface area contributed by atoms with Crippen LogP contribution in [0.15, 0.2) is 46.2 Å². The summed E-state index contributed by atoms with van der Waals surface area (Å²) in [4.78, 5) is 12.9. The Morgan fingerprint density at radius 3 is 2.79 bits per heavy atom. The van der Waals surface area contributed by atoms with Gasteiger partial charge in [0, 0.05) is 30.9 Å². The molecule has 1 heterocycles. The van der Waals surface area contributed by atoms with Crippen LogP contribution in [0.2, 0.25) is 0 Å². The number of non-ortho nitro benzene ring substituents is 1. The van der Waals surface area contributed by atoms with Crippen molar-refractivity contribution in [3.05, 3.63) is 56.8 Å². The molecule has 126 valence electrons. The van der Waals surface area contributed by atoms with Crippen LogP contribution in [0, 0.1) is 10.1 Å². The Bertz CT molecular complexity index is 718. The summed E-state index contributed by atoms with van der Waals surface area (Å²) < 4.78 is 5.43. The Hall–Kier alpha value is -2.67. The number of nitro groups is 1. The minimum atomic E-state index is -0.373. The van der Waals surface area contributed by atoms with Gasteiger partial charge in [-0.05, 0) is 35.6 Å². The average molecular weight is 328 g/mol. The fourth-order valence-corrected chi connectivity index (χ4v) is 3.19. The number of ether oxygens (including phenoxy) is 1. The third kappa shape index (κ3) is 3.46. The predicted molar refractivity (Wildman–Crippen MR) is 92.4 cm³/mol. The third-order valence-corrected chi connectivity index (χ3v) is 4.25. The number of nitrogens with two attached hydrogens (primary N) is 1. The van der Waals surface area contributed by atoms with E-state index in [4.69, 9.17) is 10.6 Å². The van der Waals surface area contributed by atoms with Gasteiger partial charge in [0.1, 0.15) is 0 Å². The summed E-state index contributed by atoms with van der Waals surface area (Å²) in [5.41, 5.74) is 4.33. The maximum atomic E-state index is 11.0. The molecule has 24 heavy (non-hydrogen) atoms. The number of allylic oxidation sites excluding steroid dienone is 2. The highest BCUT2D eigenvalue weighted by molar-refractivity contribution is 5.83. The van der Waals surface area contributed by atoms with Crippen molar-refractivity contribution < 1.29 is 9.66 Å². The molecule has 0 amide bonds. The molecule has 1 aromatic carbocycles. The van der Waals surface area contributed by atoms with E-state index in [0.717, 1.165) is 48.3 Å².